The Morgan fingerprint density at radius 2 is 1.74 bits per heavy atom. The number of methoxy groups -OCH3 is 3. The molecule has 1 amide bonds. The highest BCUT2D eigenvalue weighted by Crippen LogP contribution is 2.31. The monoisotopic (exact) mass is 428 g/mol. The highest BCUT2D eigenvalue weighted by molar-refractivity contribution is 5.95. The average molecular weight is 428 g/mol. The van der Waals surface area contributed by atoms with Crippen LogP contribution in [0, 0.1) is 10.1 Å². The molecule has 2 aromatic carbocycles. The van der Waals surface area contributed by atoms with Crippen molar-refractivity contribution in [2.75, 3.05) is 28.4 Å². The van der Waals surface area contributed by atoms with Crippen molar-refractivity contribution in [2.24, 2.45) is 0 Å². The van der Waals surface area contributed by atoms with Crippen LogP contribution in [0.1, 0.15) is 16.2 Å². The predicted molar refractivity (Wildman–Crippen MR) is 108 cm³/mol. The lowest BCUT2D eigenvalue weighted by Gasteiger charge is -2.15. The van der Waals surface area contributed by atoms with E-state index in [-0.39, 0.29) is 29.4 Å². The standard InChI is InChI=1S/C20H20N4O7/c1-23(20(25)13-6-7-15(28-2)14(9-13)24(26)27)11-18-21-19(22-31-18)12-5-8-16(29-3)17(10-12)30-4/h5-10H,11H2,1-4H3. The zero-order valence-electron chi connectivity index (χ0n) is 17.3. The van der Waals surface area contributed by atoms with Crippen molar-refractivity contribution in [3.8, 4) is 28.6 Å². The SMILES string of the molecule is COc1ccc(-c2noc(CN(C)C(=O)c3ccc(OC)c([N+](=O)[O-])c3)n2)cc1OC. The molecule has 0 spiro atoms. The van der Waals surface area contributed by atoms with Crippen LogP contribution < -0.4 is 14.2 Å². The summed E-state index contributed by atoms with van der Waals surface area (Å²) in [6.07, 6.45) is 0. The molecule has 0 aliphatic carbocycles. The molecule has 0 fully saturated rings. The lowest BCUT2D eigenvalue weighted by Crippen LogP contribution is -2.26. The molecule has 11 heteroatoms. The summed E-state index contributed by atoms with van der Waals surface area (Å²) in [5.74, 6) is 1.21. The van der Waals surface area contributed by atoms with Gasteiger partial charge in [0, 0.05) is 24.2 Å². The minimum absolute atomic E-state index is 0.0128. The Balaban J connectivity index is 1.77. The lowest BCUT2D eigenvalue weighted by atomic mass is 10.1. The molecule has 0 unspecified atom stereocenters. The van der Waals surface area contributed by atoms with Crippen molar-refractivity contribution < 1.29 is 28.5 Å². The molecule has 0 atom stereocenters. The second-order valence-electron chi connectivity index (χ2n) is 6.39. The fraction of sp³-hybridized carbons (Fsp3) is 0.250. The van der Waals surface area contributed by atoms with Gasteiger partial charge in [0.1, 0.15) is 0 Å². The van der Waals surface area contributed by atoms with Gasteiger partial charge in [0.15, 0.2) is 17.2 Å². The number of nitro groups is 1. The Morgan fingerprint density at radius 1 is 1.06 bits per heavy atom. The lowest BCUT2D eigenvalue weighted by molar-refractivity contribution is -0.385. The topological polar surface area (TPSA) is 130 Å². The number of hydrogen-bond acceptors (Lipinski definition) is 9. The second kappa shape index (κ2) is 9.11. The first-order chi connectivity index (χ1) is 14.9. The molecule has 3 rings (SSSR count). The number of carbonyl (C=O) groups is 1. The van der Waals surface area contributed by atoms with Gasteiger partial charge in [-0.25, -0.2) is 0 Å². The molecule has 1 aromatic heterocycles. The summed E-state index contributed by atoms with van der Waals surface area (Å²) in [4.78, 5) is 28.9. The van der Waals surface area contributed by atoms with Gasteiger partial charge in [-0.2, -0.15) is 4.98 Å². The molecular weight excluding hydrogens is 408 g/mol. The summed E-state index contributed by atoms with van der Waals surface area (Å²) in [6.45, 7) is 0.0128. The Bertz CT molecular complexity index is 1110. The van der Waals surface area contributed by atoms with Crippen molar-refractivity contribution in [3.63, 3.8) is 0 Å². The van der Waals surface area contributed by atoms with E-state index >= 15 is 0 Å². The van der Waals surface area contributed by atoms with Gasteiger partial charge in [0.05, 0.1) is 32.8 Å². The van der Waals surface area contributed by atoms with Gasteiger partial charge in [-0.15, -0.1) is 0 Å². The van der Waals surface area contributed by atoms with Gasteiger partial charge in [-0.05, 0) is 30.3 Å². The number of ether oxygens (including phenoxy) is 3. The molecule has 11 nitrogen and oxygen atoms in total. The number of carbonyl (C=O) groups excluding carboxylic acids is 1. The number of nitro benzene ring substituents is 1. The summed E-state index contributed by atoms with van der Waals surface area (Å²) >= 11 is 0. The van der Waals surface area contributed by atoms with Crippen LogP contribution in [0.15, 0.2) is 40.9 Å². The number of benzene rings is 2. The van der Waals surface area contributed by atoms with Gasteiger partial charge in [0.2, 0.25) is 11.7 Å². The molecule has 31 heavy (non-hydrogen) atoms. The molecule has 0 aliphatic rings. The molecule has 3 aromatic rings. The van der Waals surface area contributed by atoms with E-state index in [0.29, 0.717) is 22.9 Å². The number of aromatic nitrogens is 2. The Morgan fingerprint density at radius 3 is 2.39 bits per heavy atom. The molecule has 0 saturated heterocycles. The van der Waals surface area contributed by atoms with Gasteiger partial charge in [-0.3, -0.25) is 14.9 Å². The van der Waals surface area contributed by atoms with Gasteiger partial charge < -0.3 is 23.6 Å². The highest BCUT2D eigenvalue weighted by atomic mass is 16.6. The minimum atomic E-state index is -0.608. The molecule has 1 heterocycles. The van der Waals surface area contributed by atoms with E-state index in [2.05, 4.69) is 10.1 Å². The molecule has 0 radical (unpaired) electrons. The number of rotatable bonds is 8. The van der Waals surface area contributed by atoms with Crippen molar-refractivity contribution >= 4 is 11.6 Å². The van der Waals surface area contributed by atoms with Gasteiger partial charge in [0.25, 0.3) is 5.91 Å². The van der Waals surface area contributed by atoms with Gasteiger partial charge in [-0.1, -0.05) is 5.16 Å². The van der Waals surface area contributed by atoms with Crippen LogP contribution >= 0.6 is 0 Å². The van der Waals surface area contributed by atoms with Crippen molar-refractivity contribution in [1.82, 2.24) is 15.0 Å². The Labute approximate surface area is 177 Å². The van der Waals surface area contributed by atoms with Crippen LogP contribution in [0.3, 0.4) is 0 Å². The van der Waals surface area contributed by atoms with Crippen LogP contribution in [0.5, 0.6) is 17.2 Å². The van der Waals surface area contributed by atoms with E-state index in [0.717, 1.165) is 0 Å². The third-order valence-corrected chi connectivity index (χ3v) is 4.45. The number of hydrogen-bond donors (Lipinski definition) is 0. The molecule has 162 valence electrons. The Hall–Kier alpha value is -4.15. The normalized spacial score (nSPS) is 10.5. The van der Waals surface area contributed by atoms with E-state index in [9.17, 15) is 14.9 Å². The smallest absolute Gasteiger partial charge is 0.311 e. The quantitative estimate of drug-likeness (QED) is 0.392. The average Bonchev–Trinajstić information content (AvgIpc) is 3.25. The van der Waals surface area contributed by atoms with E-state index < -0.39 is 10.8 Å². The first-order valence-corrected chi connectivity index (χ1v) is 9.00. The highest BCUT2D eigenvalue weighted by Gasteiger charge is 2.22. The van der Waals surface area contributed by atoms with E-state index in [4.69, 9.17) is 18.7 Å². The minimum Gasteiger partial charge on any atom is -0.493 e. The fourth-order valence-corrected chi connectivity index (χ4v) is 2.87. The third kappa shape index (κ3) is 4.55. The maximum Gasteiger partial charge on any atom is 0.311 e. The van der Waals surface area contributed by atoms with Gasteiger partial charge >= 0.3 is 5.69 Å². The number of amides is 1. The number of nitrogens with zero attached hydrogens (tertiary/aromatic N) is 4. The summed E-state index contributed by atoms with van der Waals surface area (Å²) in [5.41, 5.74) is 0.484. The third-order valence-electron chi connectivity index (χ3n) is 4.45. The van der Waals surface area contributed by atoms with Crippen molar-refractivity contribution in [3.05, 3.63) is 58.0 Å². The molecule has 0 saturated carbocycles. The maximum absolute atomic E-state index is 12.7. The Kier molecular flexibility index (Phi) is 6.34. The largest absolute Gasteiger partial charge is 0.493 e. The second-order valence-corrected chi connectivity index (χ2v) is 6.39. The van der Waals surface area contributed by atoms with Crippen LogP contribution in [-0.4, -0.2) is 54.2 Å². The fourth-order valence-electron chi connectivity index (χ4n) is 2.87. The van der Waals surface area contributed by atoms with E-state index in [1.807, 2.05) is 0 Å². The van der Waals surface area contributed by atoms with Crippen molar-refractivity contribution in [2.45, 2.75) is 6.54 Å². The zero-order chi connectivity index (χ0) is 22.5. The predicted octanol–water partition coefficient (Wildman–Crippen LogP) is 2.94. The summed E-state index contributed by atoms with van der Waals surface area (Å²) in [6, 6.07) is 9.17. The summed E-state index contributed by atoms with van der Waals surface area (Å²) < 4.78 is 20.7. The first-order valence-electron chi connectivity index (χ1n) is 9.00. The van der Waals surface area contributed by atoms with Crippen LogP contribution in [0.2, 0.25) is 0 Å². The zero-order valence-corrected chi connectivity index (χ0v) is 17.3. The van der Waals surface area contributed by atoms with Crippen LogP contribution in [0.4, 0.5) is 5.69 Å². The molecular formula is C20H20N4O7. The summed E-state index contributed by atoms with van der Waals surface area (Å²) in [7, 11) is 5.90. The van der Waals surface area contributed by atoms with Crippen molar-refractivity contribution in [1.29, 1.82) is 0 Å². The summed E-state index contributed by atoms with van der Waals surface area (Å²) in [5, 5.41) is 15.1. The molecule has 0 N–H and O–H groups in total. The van der Waals surface area contributed by atoms with Crippen LogP contribution in [0.25, 0.3) is 11.4 Å². The van der Waals surface area contributed by atoms with E-state index in [1.165, 1.54) is 51.5 Å². The molecule has 0 aliphatic heterocycles. The first kappa shape index (κ1) is 21.6. The van der Waals surface area contributed by atoms with E-state index in [1.54, 1.807) is 18.2 Å². The van der Waals surface area contributed by atoms with Crippen LogP contribution in [-0.2, 0) is 6.54 Å². The maximum atomic E-state index is 12.7. The molecule has 0 bridgehead atoms.